The zero-order valence-electron chi connectivity index (χ0n) is 16.7. The van der Waals surface area contributed by atoms with Crippen molar-refractivity contribution < 1.29 is 33.8 Å². The lowest BCUT2D eigenvalue weighted by Crippen LogP contribution is -2.27. The first-order chi connectivity index (χ1) is 12.8. The fourth-order valence-corrected chi connectivity index (χ4v) is 2.34. The lowest BCUT2D eigenvalue weighted by atomic mass is 10.2. The third-order valence-electron chi connectivity index (χ3n) is 2.53. The second-order valence-electron chi connectivity index (χ2n) is 7.58. The van der Waals surface area contributed by atoms with Crippen LogP contribution in [0.4, 0.5) is 9.93 Å². The van der Waals surface area contributed by atoms with Gasteiger partial charge in [-0.05, 0) is 41.5 Å². The summed E-state index contributed by atoms with van der Waals surface area (Å²) in [5.41, 5.74) is -1.76. The molecule has 10 nitrogen and oxygen atoms in total. The van der Waals surface area contributed by atoms with Gasteiger partial charge in [-0.2, -0.15) is 0 Å². The molecule has 1 amide bonds. The van der Waals surface area contributed by atoms with Crippen LogP contribution in [0, 0.1) is 0 Å². The molecule has 0 saturated carbocycles. The number of esters is 1. The second-order valence-corrected chi connectivity index (χ2v) is 8.44. The molecule has 0 radical (unpaired) electrons. The highest BCUT2D eigenvalue weighted by Gasteiger charge is 2.21. The Labute approximate surface area is 166 Å². The second kappa shape index (κ2) is 9.49. The van der Waals surface area contributed by atoms with Crippen molar-refractivity contribution in [2.24, 2.45) is 5.16 Å². The van der Waals surface area contributed by atoms with E-state index in [2.05, 4.69) is 15.5 Å². The lowest BCUT2D eigenvalue weighted by molar-refractivity contribution is -0.156. The number of nitrogens with one attached hydrogen (secondary N) is 1. The smallest absolute Gasteiger partial charge is 0.413 e. The molecule has 0 atom stereocenters. The molecule has 2 N–H and O–H groups in total. The summed E-state index contributed by atoms with van der Waals surface area (Å²) in [5, 5.41) is 16.8. The van der Waals surface area contributed by atoms with E-state index >= 15 is 0 Å². The Morgan fingerprint density at radius 3 is 2.29 bits per heavy atom. The first-order valence-corrected chi connectivity index (χ1v) is 9.26. The van der Waals surface area contributed by atoms with Crippen LogP contribution in [0.25, 0.3) is 0 Å². The zero-order valence-corrected chi connectivity index (χ0v) is 17.5. The molecule has 1 heterocycles. The molecule has 0 aliphatic heterocycles. The van der Waals surface area contributed by atoms with Crippen LogP contribution in [-0.2, 0) is 23.9 Å². The van der Waals surface area contributed by atoms with Gasteiger partial charge < -0.3 is 19.4 Å². The highest BCUT2D eigenvalue weighted by Crippen LogP contribution is 2.18. The summed E-state index contributed by atoms with van der Waals surface area (Å²) in [6, 6.07) is 0. The van der Waals surface area contributed by atoms with Crippen LogP contribution in [0.2, 0.25) is 0 Å². The number of aromatic nitrogens is 1. The summed E-state index contributed by atoms with van der Waals surface area (Å²) in [6.07, 6.45) is -0.799. The molecule has 1 aromatic heterocycles. The van der Waals surface area contributed by atoms with Crippen molar-refractivity contribution >= 4 is 40.2 Å². The Balaban J connectivity index is 2.68. The van der Waals surface area contributed by atoms with Gasteiger partial charge in [-0.25, -0.2) is 14.6 Å². The van der Waals surface area contributed by atoms with Crippen molar-refractivity contribution in [3.8, 4) is 0 Å². The fourth-order valence-electron chi connectivity index (χ4n) is 1.66. The normalized spacial score (nSPS) is 12.3. The van der Waals surface area contributed by atoms with Gasteiger partial charge in [0.25, 0.3) is 0 Å². The predicted molar refractivity (Wildman–Crippen MR) is 103 cm³/mol. The molecule has 0 fully saturated rings. The van der Waals surface area contributed by atoms with Gasteiger partial charge >= 0.3 is 18.0 Å². The van der Waals surface area contributed by atoms with E-state index in [0.717, 1.165) is 11.3 Å². The number of ether oxygens (including phenoxy) is 2. The van der Waals surface area contributed by atoms with Gasteiger partial charge in [0.15, 0.2) is 5.13 Å². The number of carbonyl (C=O) groups excluding carboxylic acids is 2. The molecule has 0 aromatic carbocycles. The summed E-state index contributed by atoms with van der Waals surface area (Å²) >= 11 is 1.00. The van der Waals surface area contributed by atoms with Crippen molar-refractivity contribution in [3.05, 3.63) is 11.1 Å². The summed E-state index contributed by atoms with van der Waals surface area (Å²) in [5.74, 6) is -1.86. The number of thiazole rings is 1. The number of amides is 1. The van der Waals surface area contributed by atoms with E-state index in [0.29, 0.717) is 0 Å². The predicted octanol–water partition coefficient (Wildman–Crippen LogP) is 3.03. The number of carboxylic acid groups (broad SMARTS) is 1. The Bertz CT molecular complexity index is 745. The molecule has 0 spiro atoms. The maximum atomic E-state index is 11.7. The lowest BCUT2D eigenvalue weighted by Gasteiger charge is -2.19. The largest absolute Gasteiger partial charge is 0.476 e. The van der Waals surface area contributed by atoms with Crippen LogP contribution in [0.3, 0.4) is 0 Å². The number of anilines is 1. The number of carboxylic acids is 1. The van der Waals surface area contributed by atoms with Crippen LogP contribution in [0.1, 0.15) is 53.7 Å². The number of rotatable bonds is 7. The van der Waals surface area contributed by atoms with Gasteiger partial charge in [-0.3, -0.25) is 10.1 Å². The van der Waals surface area contributed by atoms with E-state index in [1.54, 1.807) is 41.5 Å². The van der Waals surface area contributed by atoms with Crippen LogP contribution in [-0.4, -0.2) is 51.6 Å². The quantitative estimate of drug-likeness (QED) is 0.300. The summed E-state index contributed by atoms with van der Waals surface area (Å²) < 4.78 is 10.2. The minimum atomic E-state index is -1.37. The Morgan fingerprint density at radius 2 is 1.75 bits per heavy atom. The first-order valence-electron chi connectivity index (χ1n) is 8.38. The van der Waals surface area contributed by atoms with Crippen LogP contribution in [0.5, 0.6) is 0 Å². The SMILES string of the molecule is CC(C)(C)OC(=O)CCO/N=C(\C(=O)O)c1csc(NC(=O)OC(C)(C)C)n1. The van der Waals surface area contributed by atoms with Crippen molar-refractivity contribution in [1.29, 1.82) is 0 Å². The van der Waals surface area contributed by atoms with Gasteiger partial charge in [0, 0.05) is 5.38 Å². The Hall–Kier alpha value is -2.69. The topological polar surface area (TPSA) is 136 Å². The monoisotopic (exact) mass is 415 g/mol. The molecule has 0 saturated heterocycles. The molecule has 1 rings (SSSR count). The summed E-state index contributed by atoms with van der Waals surface area (Å²) in [7, 11) is 0. The van der Waals surface area contributed by atoms with Crippen molar-refractivity contribution in [2.75, 3.05) is 11.9 Å². The van der Waals surface area contributed by atoms with E-state index in [-0.39, 0.29) is 23.9 Å². The highest BCUT2D eigenvalue weighted by atomic mass is 32.1. The third-order valence-corrected chi connectivity index (χ3v) is 3.29. The van der Waals surface area contributed by atoms with E-state index in [1.165, 1.54) is 5.38 Å². The number of hydrogen-bond acceptors (Lipinski definition) is 9. The number of carbonyl (C=O) groups is 3. The van der Waals surface area contributed by atoms with Crippen LogP contribution in [0.15, 0.2) is 10.5 Å². The van der Waals surface area contributed by atoms with E-state index in [1.807, 2.05) is 0 Å². The molecule has 0 aliphatic rings. The maximum absolute atomic E-state index is 11.7. The highest BCUT2D eigenvalue weighted by molar-refractivity contribution is 7.14. The average molecular weight is 415 g/mol. The van der Waals surface area contributed by atoms with Crippen molar-refractivity contribution in [3.63, 3.8) is 0 Å². The number of hydrogen-bond donors (Lipinski definition) is 2. The number of nitrogens with zero attached hydrogens (tertiary/aromatic N) is 2. The van der Waals surface area contributed by atoms with Crippen LogP contribution >= 0.6 is 11.3 Å². The van der Waals surface area contributed by atoms with Gasteiger partial charge in [0.1, 0.15) is 23.5 Å². The fraction of sp³-hybridized carbons (Fsp3) is 0.588. The Morgan fingerprint density at radius 1 is 1.14 bits per heavy atom. The van der Waals surface area contributed by atoms with E-state index < -0.39 is 34.9 Å². The number of oxime groups is 1. The van der Waals surface area contributed by atoms with Gasteiger partial charge in [-0.1, -0.05) is 5.16 Å². The molecule has 0 bridgehead atoms. The maximum Gasteiger partial charge on any atom is 0.413 e. The average Bonchev–Trinajstić information content (AvgIpc) is 2.90. The minimum absolute atomic E-state index is 0.000765. The number of aliphatic carboxylic acids is 1. The van der Waals surface area contributed by atoms with E-state index in [9.17, 15) is 19.5 Å². The van der Waals surface area contributed by atoms with E-state index in [4.69, 9.17) is 14.3 Å². The molecule has 0 unspecified atom stereocenters. The van der Waals surface area contributed by atoms with Gasteiger partial charge in [0.2, 0.25) is 5.71 Å². The molecular weight excluding hydrogens is 390 g/mol. The van der Waals surface area contributed by atoms with Crippen LogP contribution < -0.4 is 5.32 Å². The van der Waals surface area contributed by atoms with Crippen molar-refractivity contribution in [1.82, 2.24) is 4.98 Å². The van der Waals surface area contributed by atoms with Gasteiger partial charge in [-0.15, -0.1) is 11.3 Å². The summed E-state index contributed by atoms with van der Waals surface area (Å²) in [4.78, 5) is 43.6. The molecule has 28 heavy (non-hydrogen) atoms. The molecule has 11 heteroatoms. The molecule has 0 aliphatic carbocycles. The standard InChI is InChI=1S/C17H25N3O7S/c1-16(2,3)26-11(21)7-8-25-20-12(13(22)23)10-9-28-14(18-10)19-15(24)27-17(4,5)6/h9H,7-8H2,1-6H3,(H,22,23)(H,18,19,24)/b20-12-. The first kappa shape index (κ1) is 23.3. The molecular formula is C17H25N3O7S. The summed E-state index contributed by atoms with van der Waals surface area (Å²) in [6.45, 7) is 10.2. The minimum Gasteiger partial charge on any atom is -0.476 e. The molecule has 156 valence electrons. The van der Waals surface area contributed by atoms with Crippen molar-refractivity contribution in [2.45, 2.75) is 59.2 Å². The zero-order chi connectivity index (χ0) is 21.5. The molecule has 1 aromatic rings. The Kier molecular flexibility index (Phi) is 7.91. The third kappa shape index (κ3) is 9.31. The van der Waals surface area contributed by atoms with Gasteiger partial charge in [0.05, 0.1) is 6.42 Å².